The SMILES string of the molecule is [Na+].[Na+].[O-]B([O-])OO. The largest absolute Gasteiger partial charge is 1.00 e. The third kappa shape index (κ3) is 18.1. The summed E-state index contributed by atoms with van der Waals surface area (Å²) in [6.45, 7) is 0. The van der Waals surface area contributed by atoms with Crippen LogP contribution in [0.3, 0.4) is 0 Å². The smallest absolute Gasteiger partial charge is 0.868 e. The van der Waals surface area contributed by atoms with Crippen LogP contribution in [0.4, 0.5) is 0 Å². The summed E-state index contributed by atoms with van der Waals surface area (Å²) in [6, 6.07) is 0. The molecule has 0 radical (unpaired) electrons. The molecular weight excluding hydrogens is 121 g/mol. The first-order valence-electron chi connectivity index (χ1n) is 0.890. The average Bonchev–Trinajstić information content (AvgIpc) is 1.38. The second kappa shape index (κ2) is 10.8. The molecule has 0 aromatic carbocycles. The van der Waals surface area contributed by atoms with E-state index < -0.39 is 7.32 Å². The van der Waals surface area contributed by atoms with E-state index in [1.807, 2.05) is 0 Å². The Morgan fingerprint density at radius 3 is 1.43 bits per heavy atom. The fourth-order valence-electron chi connectivity index (χ4n) is 0. The van der Waals surface area contributed by atoms with Crippen molar-refractivity contribution in [1.82, 2.24) is 0 Å². The first kappa shape index (κ1) is 16.0. The average molecular weight is 122 g/mol. The normalized spacial score (nSPS) is 5.57. The van der Waals surface area contributed by atoms with Crippen LogP contribution in [0.25, 0.3) is 0 Å². The zero-order chi connectivity index (χ0) is 4.28. The quantitative estimate of drug-likeness (QED) is 0.213. The minimum Gasteiger partial charge on any atom is -0.868 e. The van der Waals surface area contributed by atoms with Gasteiger partial charge in [-0.05, 0) is 0 Å². The van der Waals surface area contributed by atoms with Crippen molar-refractivity contribution in [3.05, 3.63) is 0 Å². The van der Waals surface area contributed by atoms with Crippen LogP contribution in [0.2, 0.25) is 0 Å². The van der Waals surface area contributed by atoms with Gasteiger partial charge in [0.15, 0.2) is 0 Å². The molecular formula is HBNa2O4. The van der Waals surface area contributed by atoms with Crippen LogP contribution >= 0.6 is 0 Å². The third-order valence-electron chi connectivity index (χ3n) is 0.0861. The molecule has 0 aliphatic rings. The predicted molar refractivity (Wildman–Crippen MR) is 9.47 cm³/mol. The van der Waals surface area contributed by atoms with Gasteiger partial charge in [-0.25, -0.2) is 0 Å². The first-order chi connectivity index (χ1) is 2.27. The molecule has 0 aliphatic carbocycles. The molecule has 7 heavy (non-hydrogen) atoms. The van der Waals surface area contributed by atoms with E-state index in [0.717, 1.165) is 0 Å². The molecule has 0 atom stereocenters. The fraction of sp³-hybridized carbons (Fsp3) is 0. The van der Waals surface area contributed by atoms with Gasteiger partial charge in [0.05, 0.1) is 0 Å². The Kier molecular flexibility index (Phi) is 24.6. The zero-order valence-electron chi connectivity index (χ0n) is 4.25. The summed E-state index contributed by atoms with van der Waals surface area (Å²) < 4.78 is 0. The summed E-state index contributed by atoms with van der Waals surface area (Å²) in [4.78, 5) is 2.64. The molecule has 1 N–H and O–H groups in total. The van der Waals surface area contributed by atoms with Crippen molar-refractivity contribution in [1.29, 1.82) is 0 Å². The Morgan fingerprint density at radius 2 is 1.43 bits per heavy atom. The molecule has 0 rings (SSSR count). The Bertz CT molecular complexity index is 23.7. The maximum atomic E-state index is 8.87. The van der Waals surface area contributed by atoms with Gasteiger partial charge in [-0.2, -0.15) is 0 Å². The van der Waals surface area contributed by atoms with E-state index in [2.05, 4.69) is 4.81 Å². The van der Waals surface area contributed by atoms with Crippen LogP contribution in [-0.4, -0.2) is 12.6 Å². The molecule has 4 nitrogen and oxygen atoms in total. The molecule has 0 aromatic rings. The summed E-state index contributed by atoms with van der Waals surface area (Å²) in [5, 5.41) is 24.8. The van der Waals surface area contributed by atoms with Gasteiger partial charge in [0.2, 0.25) is 0 Å². The Hall–Kier alpha value is 1.90. The number of hydrogen-bond donors (Lipinski definition) is 1. The minimum atomic E-state index is -2.56. The zero-order valence-corrected chi connectivity index (χ0v) is 8.25. The maximum absolute atomic E-state index is 8.87. The van der Waals surface area contributed by atoms with E-state index in [1.54, 1.807) is 0 Å². The molecule has 0 aromatic heterocycles. The maximum Gasteiger partial charge on any atom is 1.00 e. The van der Waals surface area contributed by atoms with Gasteiger partial charge < -0.3 is 14.9 Å². The van der Waals surface area contributed by atoms with Crippen molar-refractivity contribution in [2.75, 3.05) is 0 Å². The minimum absolute atomic E-state index is 0. The number of rotatable bonds is 1. The topological polar surface area (TPSA) is 75.6 Å². The van der Waals surface area contributed by atoms with Crippen LogP contribution in [-0.2, 0) is 4.81 Å². The van der Waals surface area contributed by atoms with Crippen molar-refractivity contribution in [3.63, 3.8) is 0 Å². The first-order valence-corrected chi connectivity index (χ1v) is 0.890. The molecule has 0 fully saturated rings. The van der Waals surface area contributed by atoms with Crippen molar-refractivity contribution in [3.8, 4) is 0 Å². The van der Waals surface area contributed by atoms with E-state index >= 15 is 0 Å². The molecule has 30 valence electrons. The van der Waals surface area contributed by atoms with Crippen molar-refractivity contribution in [2.45, 2.75) is 0 Å². The van der Waals surface area contributed by atoms with E-state index in [-0.39, 0.29) is 59.1 Å². The third-order valence-corrected chi connectivity index (χ3v) is 0.0861. The van der Waals surface area contributed by atoms with Gasteiger partial charge in [0.25, 0.3) is 0 Å². The van der Waals surface area contributed by atoms with Crippen molar-refractivity contribution in [2.24, 2.45) is 0 Å². The fourth-order valence-corrected chi connectivity index (χ4v) is 0. The van der Waals surface area contributed by atoms with E-state index in [9.17, 15) is 0 Å². The molecule has 0 unspecified atom stereocenters. The summed E-state index contributed by atoms with van der Waals surface area (Å²) in [6.07, 6.45) is 0. The molecule has 0 spiro atoms. The second-order valence-electron chi connectivity index (χ2n) is 0.394. The molecule has 0 saturated carbocycles. The Balaban J connectivity index is -0.0000000800. The summed E-state index contributed by atoms with van der Waals surface area (Å²) >= 11 is 0. The van der Waals surface area contributed by atoms with Gasteiger partial charge >= 0.3 is 59.1 Å². The van der Waals surface area contributed by atoms with E-state index in [0.29, 0.717) is 0 Å². The Morgan fingerprint density at radius 1 is 1.29 bits per heavy atom. The molecule has 0 bridgehead atoms. The van der Waals surface area contributed by atoms with Crippen molar-refractivity contribution >= 4 is 7.32 Å². The molecule has 0 aliphatic heterocycles. The summed E-state index contributed by atoms with van der Waals surface area (Å²) in [7, 11) is -2.56. The van der Waals surface area contributed by atoms with Crippen LogP contribution < -0.4 is 69.2 Å². The summed E-state index contributed by atoms with van der Waals surface area (Å²) in [5.41, 5.74) is 0. The van der Waals surface area contributed by atoms with Gasteiger partial charge in [0, 0.05) is 0 Å². The monoisotopic (exact) mass is 122 g/mol. The van der Waals surface area contributed by atoms with Crippen molar-refractivity contribution < 1.29 is 79.2 Å². The second-order valence-corrected chi connectivity index (χ2v) is 0.394. The number of hydrogen-bond acceptors (Lipinski definition) is 4. The van der Waals surface area contributed by atoms with E-state index in [4.69, 9.17) is 15.3 Å². The Labute approximate surface area is 85.6 Å². The van der Waals surface area contributed by atoms with Gasteiger partial charge in [-0.1, -0.05) is 0 Å². The molecule has 0 heterocycles. The van der Waals surface area contributed by atoms with Gasteiger partial charge in [-0.3, -0.25) is 5.26 Å². The van der Waals surface area contributed by atoms with Crippen LogP contribution in [0.5, 0.6) is 0 Å². The molecule has 0 saturated heterocycles. The van der Waals surface area contributed by atoms with E-state index in [1.165, 1.54) is 0 Å². The van der Waals surface area contributed by atoms with Gasteiger partial charge in [-0.15, -0.1) is 0 Å². The van der Waals surface area contributed by atoms with Crippen LogP contribution in [0.1, 0.15) is 0 Å². The van der Waals surface area contributed by atoms with Crippen LogP contribution in [0, 0.1) is 0 Å². The standard InChI is InChI=1S/BHO4.2Na/c2-1(3)5-4;;/h4H;;/q-2;2*+1. The molecule has 7 heteroatoms. The molecule has 0 amide bonds. The van der Waals surface area contributed by atoms with Crippen LogP contribution in [0.15, 0.2) is 0 Å². The predicted octanol–water partition coefficient (Wildman–Crippen LogP) is -8.81. The van der Waals surface area contributed by atoms with Gasteiger partial charge in [0.1, 0.15) is 7.32 Å². The summed E-state index contributed by atoms with van der Waals surface area (Å²) in [5.74, 6) is 0.